The number of benzene rings is 1. The van der Waals surface area contributed by atoms with Gasteiger partial charge < -0.3 is 0 Å². The van der Waals surface area contributed by atoms with Gasteiger partial charge in [-0.05, 0) is 47.2 Å². The van der Waals surface area contributed by atoms with Crippen LogP contribution in [0.5, 0.6) is 0 Å². The fourth-order valence-electron chi connectivity index (χ4n) is 0.926. The minimum absolute atomic E-state index is 0.286. The Morgan fingerprint density at radius 1 is 1.62 bits per heavy atom. The standard InChI is InChI=1S/C9H7FINO/c1-6(12-5-13)7-2-3-9(11)8(10)4-7/h2-4,6H,1H3. The molecule has 1 aromatic carbocycles. The first-order chi connectivity index (χ1) is 6.15. The topological polar surface area (TPSA) is 29.4 Å². The molecule has 2 nitrogen and oxygen atoms in total. The number of nitrogens with zero attached hydrogens (tertiary/aromatic N) is 1. The summed E-state index contributed by atoms with van der Waals surface area (Å²) in [5.41, 5.74) is 0.682. The van der Waals surface area contributed by atoms with E-state index in [1.165, 1.54) is 12.1 Å². The molecule has 0 fully saturated rings. The van der Waals surface area contributed by atoms with Crippen LogP contribution in [0.2, 0.25) is 0 Å². The molecule has 68 valence electrons. The summed E-state index contributed by atoms with van der Waals surface area (Å²) in [6, 6.07) is 4.45. The van der Waals surface area contributed by atoms with Gasteiger partial charge in [0.2, 0.25) is 6.08 Å². The Bertz CT molecular complexity index is 361. The van der Waals surface area contributed by atoms with Crippen LogP contribution in [-0.4, -0.2) is 6.08 Å². The molecule has 1 atom stereocenters. The molecule has 0 aliphatic rings. The Morgan fingerprint density at radius 2 is 2.31 bits per heavy atom. The number of aliphatic imine (C=N–C) groups is 1. The summed E-state index contributed by atoms with van der Waals surface area (Å²) in [5.74, 6) is -0.286. The van der Waals surface area contributed by atoms with Gasteiger partial charge in [-0.15, -0.1) is 0 Å². The van der Waals surface area contributed by atoms with E-state index in [-0.39, 0.29) is 11.9 Å². The minimum Gasteiger partial charge on any atom is -0.211 e. The number of carbonyl (C=O) groups excluding carboxylic acids is 1. The molecule has 0 saturated heterocycles. The highest BCUT2D eigenvalue weighted by Gasteiger charge is 2.06. The third-order valence-electron chi connectivity index (χ3n) is 1.67. The van der Waals surface area contributed by atoms with E-state index in [0.29, 0.717) is 9.13 Å². The van der Waals surface area contributed by atoms with Gasteiger partial charge in [-0.2, -0.15) is 4.99 Å². The zero-order valence-corrected chi connectivity index (χ0v) is 9.08. The largest absolute Gasteiger partial charge is 0.235 e. The van der Waals surface area contributed by atoms with Crippen molar-refractivity contribution in [3.8, 4) is 0 Å². The van der Waals surface area contributed by atoms with Crippen LogP contribution < -0.4 is 0 Å². The van der Waals surface area contributed by atoms with Crippen LogP contribution in [0, 0.1) is 9.39 Å². The summed E-state index contributed by atoms with van der Waals surface area (Å²) >= 11 is 1.90. The fraction of sp³-hybridized carbons (Fsp3) is 0.222. The summed E-state index contributed by atoms with van der Waals surface area (Å²) in [5, 5.41) is 0. The van der Waals surface area contributed by atoms with E-state index in [9.17, 15) is 9.18 Å². The maximum absolute atomic E-state index is 13.0. The Kier molecular flexibility index (Phi) is 3.57. The Labute approximate surface area is 89.0 Å². The van der Waals surface area contributed by atoms with Gasteiger partial charge in [0.05, 0.1) is 6.04 Å². The van der Waals surface area contributed by atoms with E-state index in [1.54, 1.807) is 19.1 Å². The summed E-state index contributed by atoms with van der Waals surface area (Å²) in [4.78, 5) is 13.4. The highest BCUT2D eigenvalue weighted by atomic mass is 127. The molecule has 13 heavy (non-hydrogen) atoms. The van der Waals surface area contributed by atoms with Crippen molar-refractivity contribution >= 4 is 28.7 Å². The van der Waals surface area contributed by atoms with Gasteiger partial charge in [0.15, 0.2) is 0 Å². The third-order valence-corrected chi connectivity index (χ3v) is 2.55. The zero-order valence-electron chi connectivity index (χ0n) is 6.92. The van der Waals surface area contributed by atoms with E-state index in [0.717, 1.165) is 0 Å². The zero-order chi connectivity index (χ0) is 9.84. The molecule has 1 rings (SSSR count). The predicted octanol–water partition coefficient (Wildman–Crippen LogP) is 2.83. The lowest BCUT2D eigenvalue weighted by Gasteiger charge is -2.04. The van der Waals surface area contributed by atoms with Crippen LogP contribution in [0.3, 0.4) is 0 Å². The predicted molar refractivity (Wildman–Crippen MR) is 55.7 cm³/mol. The lowest BCUT2D eigenvalue weighted by molar-refractivity contribution is 0.559. The minimum atomic E-state index is -0.330. The van der Waals surface area contributed by atoms with Gasteiger partial charge in [0.1, 0.15) is 5.82 Å². The highest BCUT2D eigenvalue weighted by Crippen LogP contribution is 2.19. The number of halogens is 2. The molecule has 0 heterocycles. The van der Waals surface area contributed by atoms with Gasteiger partial charge in [-0.1, -0.05) is 6.07 Å². The first kappa shape index (κ1) is 10.3. The Morgan fingerprint density at radius 3 is 2.85 bits per heavy atom. The molecule has 0 saturated carbocycles. The van der Waals surface area contributed by atoms with E-state index in [4.69, 9.17) is 0 Å². The van der Waals surface area contributed by atoms with Crippen molar-refractivity contribution in [3.63, 3.8) is 0 Å². The smallest absolute Gasteiger partial charge is 0.211 e. The molecule has 1 aromatic rings. The Balaban J connectivity index is 3.03. The lowest BCUT2D eigenvalue weighted by atomic mass is 10.1. The van der Waals surface area contributed by atoms with Crippen LogP contribution in [0.25, 0.3) is 0 Å². The molecule has 0 spiro atoms. The molecule has 1 unspecified atom stereocenters. The van der Waals surface area contributed by atoms with Crippen molar-refractivity contribution in [2.45, 2.75) is 13.0 Å². The van der Waals surface area contributed by atoms with Crippen LogP contribution in [-0.2, 0) is 4.79 Å². The quantitative estimate of drug-likeness (QED) is 0.468. The maximum atomic E-state index is 13.0. The van der Waals surface area contributed by atoms with Crippen LogP contribution in [0.1, 0.15) is 18.5 Å². The van der Waals surface area contributed by atoms with E-state index in [2.05, 4.69) is 4.99 Å². The SMILES string of the molecule is CC(N=C=O)c1ccc(I)c(F)c1. The molecule has 0 aliphatic heterocycles. The third kappa shape index (κ3) is 2.60. The normalized spacial score (nSPS) is 11.9. The summed E-state index contributed by atoms with van der Waals surface area (Å²) in [6.45, 7) is 1.71. The second-order valence-corrected chi connectivity index (χ2v) is 3.73. The molecule has 4 heteroatoms. The second kappa shape index (κ2) is 4.48. The van der Waals surface area contributed by atoms with Gasteiger partial charge in [-0.25, -0.2) is 9.18 Å². The van der Waals surface area contributed by atoms with E-state index >= 15 is 0 Å². The van der Waals surface area contributed by atoms with Crippen molar-refractivity contribution < 1.29 is 9.18 Å². The fourth-order valence-corrected chi connectivity index (χ4v) is 1.26. The number of hydrogen-bond acceptors (Lipinski definition) is 2. The van der Waals surface area contributed by atoms with E-state index < -0.39 is 0 Å². The monoisotopic (exact) mass is 291 g/mol. The number of rotatable bonds is 2. The molecule has 0 aromatic heterocycles. The molecule has 0 amide bonds. The maximum Gasteiger partial charge on any atom is 0.235 e. The average Bonchev–Trinajstić information content (AvgIpc) is 2.10. The van der Waals surface area contributed by atoms with Crippen molar-refractivity contribution in [1.29, 1.82) is 0 Å². The first-order valence-corrected chi connectivity index (χ1v) is 4.75. The first-order valence-electron chi connectivity index (χ1n) is 3.67. The molecular weight excluding hydrogens is 284 g/mol. The lowest BCUT2D eigenvalue weighted by Crippen LogP contribution is -1.91. The summed E-state index contributed by atoms with van der Waals surface area (Å²) < 4.78 is 13.6. The second-order valence-electron chi connectivity index (χ2n) is 2.57. The van der Waals surface area contributed by atoms with E-state index in [1.807, 2.05) is 22.6 Å². The molecule has 0 radical (unpaired) electrons. The summed E-state index contributed by atoms with van der Waals surface area (Å²) in [6.07, 6.45) is 1.45. The molecule has 0 bridgehead atoms. The van der Waals surface area contributed by atoms with Gasteiger partial charge >= 0.3 is 0 Å². The number of isocyanates is 1. The van der Waals surface area contributed by atoms with Crippen molar-refractivity contribution in [3.05, 3.63) is 33.1 Å². The van der Waals surface area contributed by atoms with Crippen molar-refractivity contribution in [2.75, 3.05) is 0 Å². The molecule has 0 N–H and O–H groups in total. The number of hydrogen-bond donors (Lipinski definition) is 0. The van der Waals surface area contributed by atoms with Crippen LogP contribution in [0.4, 0.5) is 4.39 Å². The van der Waals surface area contributed by atoms with Crippen molar-refractivity contribution in [1.82, 2.24) is 0 Å². The van der Waals surface area contributed by atoms with Gasteiger partial charge in [0, 0.05) is 3.57 Å². The van der Waals surface area contributed by atoms with Crippen LogP contribution in [0.15, 0.2) is 23.2 Å². The average molecular weight is 291 g/mol. The molecular formula is C9H7FINO. The Hall–Kier alpha value is -0.740. The highest BCUT2D eigenvalue weighted by molar-refractivity contribution is 14.1. The van der Waals surface area contributed by atoms with Crippen LogP contribution >= 0.6 is 22.6 Å². The van der Waals surface area contributed by atoms with Gasteiger partial charge in [0.25, 0.3) is 0 Å². The summed E-state index contributed by atoms with van der Waals surface area (Å²) in [7, 11) is 0. The van der Waals surface area contributed by atoms with Gasteiger partial charge in [-0.3, -0.25) is 0 Å². The molecule has 0 aliphatic carbocycles. The van der Waals surface area contributed by atoms with Crippen molar-refractivity contribution in [2.24, 2.45) is 4.99 Å².